The van der Waals surface area contributed by atoms with Crippen LogP contribution in [0.3, 0.4) is 0 Å². The summed E-state index contributed by atoms with van der Waals surface area (Å²) in [6.45, 7) is 15.7. The van der Waals surface area contributed by atoms with Crippen LogP contribution in [0.5, 0.6) is 0 Å². The summed E-state index contributed by atoms with van der Waals surface area (Å²) in [6, 6.07) is 0. The topological polar surface area (TPSA) is 29.3 Å². The Morgan fingerprint density at radius 1 is 1.07 bits per heavy atom. The Balaban J connectivity index is 0. The van der Waals surface area contributed by atoms with Gasteiger partial charge in [-0.25, -0.2) is 0 Å². The molecule has 0 heterocycles. The van der Waals surface area contributed by atoms with Gasteiger partial charge in [-0.3, -0.25) is 0 Å². The average Bonchev–Trinajstić information content (AvgIpc) is 2.15. The van der Waals surface area contributed by atoms with Gasteiger partial charge < -0.3 is 9.96 Å². The highest BCUT2D eigenvalue weighted by atomic mass is 28.3. The zero-order valence-corrected chi connectivity index (χ0v) is 14.3. The van der Waals surface area contributed by atoms with Crippen molar-refractivity contribution in [1.29, 1.82) is 0 Å². The molecule has 0 saturated heterocycles. The first-order valence-electron chi connectivity index (χ1n) is 5.80. The molecule has 0 atom stereocenters. The lowest BCUT2D eigenvalue weighted by molar-refractivity contribution is 0.505. The van der Waals surface area contributed by atoms with Crippen molar-refractivity contribution in [3.63, 3.8) is 0 Å². The number of rotatable bonds is 4. The predicted octanol–water partition coefficient (Wildman–Crippen LogP) is 1.10. The molecule has 0 unspecified atom stereocenters. The Hall–Kier alpha value is 0.354. The van der Waals surface area contributed by atoms with Crippen LogP contribution in [-0.2, 0) is 0 Å². The number of hydrogen-bond donors (Lipinski definition) is 1. The van der Waals surface area contributed by atoms with E-state index in [0.29, 0.717) is 0 Å². The molecular weight excluding hydrogens is 204 g/mol. The van der Waals surface area contributed by atoms with E-state index in [0.717, 1.165) is 11.1 Å². The van der Waals surface area contributed by atoms with E-state index in [9.17, 15) is 0 Å². The SMILES string of the molecule is CC(C)[SiH](N)C(C)C.CCN([SiH3])CC. The highest BCUT2D eigenvalue weighted by molar-refractivity contribution is 6.58. The van der Waals surface area contributed by atoms with Crippen LogP contribution in [0.4, 0.5) is 0 Å². The molecular formula is C10H30N2Si2. The van der Waals surface area contributed by atoms with Crippen molar-refractivity contribution in [1.82, 2.24) is 4.57 Å². The van der Waals surface area contributed by atoms with Gasteiger partial charge in [-0.1, -0.05) is 41.5 Å². The Morgan fingerprint density at radius 2 is 1.36 bits per heavy atom. The fraction of sp³-hybridized carbons (Fsp3) is 1.00. The fourth-order valence-electron chi connectivity index (χ4n) is 0.993. The fourth-order valence-corrected chi connectivity index (χ4v) is 2.53. The van der Waals surface area contributed by atoms with Crippen LogP contribution < -0.4 is 5.40 Å². The van der Waals surface area contributed by atoms with Gasteiger partial charge in [-0.2, -0.15) is 0 Å². The lowest BCUT2D eigenvalue weighted by atomic mass is 10.5. The molecule has 0 aliphatic rings. The Morgan fingerprint density at radius 3 is 1.36 bits per heavy atom. The molecule has 0 radical (unpaired) electrons. The van der Waals surface area contributed by atoms with E-state index in [4.69, 9.17) is 5.40 Å². The third kappa shape index (κ3) is 10.4. The van der Waals surface area contributed by atoms with Crippen molar-refractivity contribution in [3.8, 4) is 0 Å². The zero-order chi connectivity index (χ0) is 11.7. The molecule has 0 spiro atoms. The lowest BCUT2D eigenvalue weighted by Crippen LogP contribution is -2.32. The molecule has 2 nitrogen and oxygen atoms in total. The maximum absolute atomic E-state index is 5.90. The second-order valence-corrected chi connectivity index (χ2v) is 9.64. The van der Waals surface area contributed by atoms with Crippen molar-refractivity contribution in [2.24, 2.45) is 5.40 Å². The molecule has 0 aromatic carbocycles. The van der Waals surface area contributed by atoms with Crippen LogP contribution in [0.25, 0.3) is 0 Å². The quantitative estimate of drug-likeness (QED) is 0.738. The van der Waals surface area contributed by atoms with Crippen molar-refractivity contribution in [2.75, 3.05) is 13.1 Å². The summed E-state index contributed by atoms with van der Waals surface area (Å²) in [5.41, 5.74) is 1.52. The van der Waals surface area contributed by atoms with E-state index >= 15 is 0 Å². The van der Waals surface area contributed by atoms with Gasteiger partial charge in [0.1, 0.15) is 8.96 Å². The van der Waals surface area contributed by atoms with Crippen LogP contribution in [0.15, 0.2) is 0 Å². The number of nitrogens with two attached hydrogens (primary N) is 1. The highest BCUT2D eigenvalue weighted by Crippen LogP contribution is 2.14. The Bertz CT molecular complexity index is 107. The van der Waals surface area contributed by atoms with Crippen molar-refractivity contribution in [3.05, 3.63) is 0 Å². The maximum atomic E-state index is 5.90. The van der Waals surface area contributed by atoms with E-state index in [2.05, 4.69) is 46.1 Å². The van der Waals surface area contributed by atoms with Gasteiger partial charge in [0.25, 0.3) is 0 Å². The Labute approximate surface area is 95.4 Å². The minimum absolute atomic E-state index is 0.759. The molecule has 0 aliphatic heterocycles. The molecule has 0 aliphatic carbocycles. The third-order valence-electron chi connectivity index (χ3n) is 2.62. The number of hydrogen-bond acceptors (Lipinski definition) is 2. The minimum Gasteiger partial charge on any atom is -0.353 e. The molecule has 0 rings (SSSR count). The average molecular weight is 235 g/mol. The first kappa shape index (κ1) is 16.8. The standard InChI is InChI=1S/C6H17NSi.C4H13NSi/c1-5(2)8(7)6(3)4;1-3-5(6)4-2/h5-6,8H,7H2,1-4H3;3-4H2,1-2,6H3. The molecule has 0 amide bonds. The van der Waals surface area contributed by atoms with Crippen LogP contribution in [0.1, 0.15) is 41.5 Å². The second-order valence-electron chi connectivity index (χ2n) is 4.55. The van der Waals surface area contributed by atoms with Gasteiger partial charge >= 0.3 is 0 Å². The van der Waals surface area contributed by atoms with Gasteiger partial charge in [-0.15, -0.1) is 0 Å². The monoisotopic (exact) mass is 234 g/mol. The zero-order valence-electron chi connectivity index (χ0n) is 11.2. The molecule has 0 aromatic heterocycles. The van der Waals surface area contributed by atoms with Crippen molar-refractivity contribution < 1.29 is 0 Å². The van der Waals surface area contributed by atoms with Gasteiger partial charge in [0.2, 0.25) is 0 Å². The molecule has 4 heteroatoms. The molecule has 0 saturated carbocycles. The van der Waals surface area contributed by atoms with E-state index in [1.807, 2.05) is 0 Å². The van der Waals surface area contributed by atoms with E-state index in [1.54, 1.807) is 0 Å². The van der Waals surface area contributed by atoms with E-state index < -0.39 is 8.96 Å². The summed E-state index contributed by atoms with van der Waals surface area (Å²) >= 11 is 0. The van der Waals surface area contributed by atoms with Gasteiger partial charge in [0.15, 0.2) is 0 Å². The highest BCUT2D eigenvalue weighted by Gasteiger charge is 2.12. The van der Waals surface area contributed by atoms with Crippen LogP contribution in [0, 0.1) is 0 Å². The summed E-state index contributed by atoms with van der Waals surface area (Å²) in [5, 5.41) is 5.90. The molecule has 88 valence electrons. The predicted molar refractivity (Wildman–Crippen MR) is 74.4 cm³/mol. The van der Waals surface area contributed by atoms with Crippen LogP contribution >= 0.6 is 0 Å². The minimum atomic E-state index is -0.849. The third-order valence-corrected chi connectivity index (χ3v) is 6.96. The summed E-state index contributed by atoms with van der Waals surface area (Å²) in [5.74, 6) is 0. The summed E-state index contributed by atoms with van der Waals surface area (Å²) in [7, 11) is 0.375. The van der Waals surface area contributed by atoms with E-state index in [-0.39, 0.29) is 0 Å². The van der Waals surface area contributed by atoms with Gasteiger partial charge in [-0.05, 0) is 24.2 Å². The molecule has 0 aromatic rings. The summed E-state index contributed by atoms with van der Waals surface area (Å²) in [4.78, 5) is 0. The van der Waals surface area contributed by atoms with Crippen LogP contribution in [-0.4, -0.2) is 37.0 Å². The number of nitrogens with zero attached hydrogens (tertiary/aromatic N) is 1. The first-order chi connectivity index (χ1) is 6.36. The van der Waals surface area contributed by atoms with Crippen LogP contribution in [0.2, 0.25) is 11.1 Å². The molecule has 0 fully saturated rings. The van der Waals surface area contributed by atoms with E-state index in [1.165, 1.54) is 23.5 Å². The maximum Gasteiger partial charge on any atom is 0.111 e. The Kier molecular flexibility index (Phi) is 11.8. The van der Waals surface area contributed by atoms with Crippen molar-refractivity contribution in [2.45, 2.75) is 52.6 Å². The van der Waals surface area contributed by atoms with Gasteiger partial charge in [0.05, 0.1) is 10.4 Å². The largest absolute Gasteiger partial charge is 0.353 e. The molecule has 2 N–H and O–H groups in total. The van der Waals surface area contributed by atoms with Crippen molar-refractivity contribution >= 4 is 19.4 Å². The molecule has 14 heavy (non-hydrogen) atoms. The van der Waals surface area contributed by atoms with Gasteiger partial charge in [0, 0.05) is 0 Å². The second kappa shape index (κ2) is 9.89. The summed E-state index contributed by atoms with van der Waals surface area (Å²) < 4.78 is 2.39. The lowest BCUT2D eigenvalue weighted by Gasteiger charge is -2.16. The molecule has 0 bridgehead atoms. The summed E-state index contributed by atoms with van der Waals surface area (Å²) in [6.07, 6.45) is 0. The normalized spacial score (nSPS) is 11.4. The first-order valence-corrected chi connectivity index (χ1v) is 8.70. The smallest absolute Gasteiger partial charge is 0.111 e.